The Kier molecular flexibility index (Phi) is 9.46. The molecule has 0 spiro atoms. The molecular formula is C13H27I. The van der Waals surface area contributed by atoms with Crippen LogP contribution >= 0.6 is 22.6 Å². The standard InChI is InChI=1S/C13H27I/c1-4-7-10-13(14,11-8-5-2)12-9-6-3/h4-12H2,1-3H3. The first kappa shape index (κ1) is 14.7. The van der Waals surface area contributed by atoms with Crippen LogP contribution in [0.1, 0.15) is 78.6 Å². The molecule has 0 nitrogen and oxygen atoms in total. The lowest BCUT2D eigenvalue weighted by molar-refractivity contribution is 0.446. The molecule has 14 heavy (non-hydrogen) atoms. The highest BCUT2D eigenvalue weighted by molar-refractivity contribution is 14.1. The number of rotatable bonds is 9. The fourth-order valence-electron chi connectivity index (χ4n) is 1.86. The first-order chi connectivity index (χ1) is 6.68. The van der Waals surface area contributed by atoms with E-state index in [9.17, 15) is 0 Å². The Morgan fingerprint density at radius 2 is 1.00 bits per heavy atom. The zero-order valence-electron chi connectivity index (χ0n) is 10.2. The van der Waals surface area contributed by atoms with Crippen molar-refractivity contribution >= 4 is 22.6 Å². The van der Waals surface area contributed by atoms with Gasteiger partial charge in [0.1, 0.15) is 0 Å². The summed E-state index contributed by atoms with van der Waals surface area (Å²) in [7, 11) is 0. The molecule has 0 aromatic heterocycles. The Labute approximate surface area is 104 Å². The molecule has 0 fully saturated rings. The van der Waals surface area contributed by atoms with Gasteiger partial charge in [-0.1, -0.05) is 81.9 Å². The maximum absolute atomic E-state index is 2.74. The maximum Gasteiger partial charge on any atom is 0.0222 e. The van der Waals surface area contributed by atoms with Crippen LogP contribution in [-0.4, -0.2) is 3.42 Å². The van der Waals surface area contributed by atoms with Crippen LogP contribution in [0.4, 0.5) is 0 Å². The summed E-state index contributed by atoms with van der Waals surface area (Å²) < 4.78 is 0.625. The second-order valence-electron chi connectivity index (χ2n) is 4.46. The molecule has 0 radical (unpaired) electrons. The molecule has 0 aliphatic rings. The molecule has 0 atom stereocenters. The van der Waals surface area contributed by atoms with Crippen LogP contribution in [0.25, 0.3) is 0 Å². The van der Waals surface area contributed by atoms with Crippen molar-refractivity contribution in [2.45, 2.75) is 82.0 Å². The normalized spacial score (nSPS) is 12.0. The largest absolute Gasteiger partial charge is 0.0789 e. The minimum absolute atomic E-state index is 0.625. The van der Waals surface area contributed by atoms with E-state index in [1.54, 1.807) is 0 Å². The maximum atomic E-state index is 2.74. The molecule has 0 bridgehead atoms. The van der Waals surface area contributed by atoms with Crippen LogP contribution in [-0.2, 0) is 0 Å². The predicted octanol–water partition coefficient (Wildman–Crippen LogP) is 5.73. The first-order valence-corrected chi connectivity index (χ1v) is 7.45. The summed E-state index contributed by atoms with van der Waals surface area (Å²) >= 11 is 2.74. The SMILES string of the molecule is CCCCC(I)(CCCC)CCCC. The van der Waals surface area contributed by atoms with Crippen LogP contribution in [0.15, 0.2) is 0 Å². The summed E-state index contributed by atoms with van der Waals surface area (Å²) in [5.41, 5.74) is 0. The Bertz CT molecular complexity index is 98.6. The number of halogens is 1. The van der Waals surface area contributed by atoms with Gasteiger partial charge >= 0.3 is 0 Å². The van der Waals surface area contributed by atoms with Gasteiger partial charge in [-0.05, 0) is 19.3 Å². The zero-order valence-corrected chi connectivity index (χ0v) is 12.4. The topological polar surface area (TPSA) is 0 Å². The smallest absolute Gasteiger partial charge is 0.0222 e. The minimum Gasteiger partial charge on any atom is -0.0789 e. The summed E-state index contributed by atoms with van der Waals surface area (Å²) in [6.45, 7) is 6.91. The monoisotopic (exact) mass is 310 g/mol. The lowest BCUT2D eigenvalue weighted by Gasteiger charge is -2.27. The molecule has 0 N–H and O–H groups in total. The van der Waals surface area contributed by atoms with Gasteiger partial charge in [0.2, 0.25) is 0 Å². The minimum atomic E-state index is 0.625. The average Bonchev–Trinajstić information content (AvgIpc) is 2.21. The van der Waals surface area contributed by atoms with Gasteiger partial charge in [-0.25, -0.2) is 0 Å². The molecule has 0 aromatic carbocycles. The van der Waals surface area contributed by atoms with Gasteiger partial charge in [0.25, 0.3) is 0 Å². The van der Waals surface area contributed by atoms with E-state index in [1.165, 1.54) is 57.8 Å². The lowest BCUT2D eigenvalue weighted by atomic mass is 9.91. The molecule has 1 heteroatoms. The van der Waals surface area contributed by atoms with Crippen molar-refractivity contribution in [2.75, 3.05) is 0 Å². The van der Waals surface area contributed by atoms with Gasteiger partial charge in [0.15, 0.2) is 0 Å². The number of hydrogen-bond donors (Lipinski definition) is 0. The predicted molar refractivity (Wildman–Crippen MR) is 75.3 cm³/mol. The highest BCUT2D eigenvalue weighted by atomic mass is 127. The van der Waals surface area contributed by atoms with E-state index in [-0.39, 0.29) is 0 Å². The molecule has 0 aliphatic carbocycles. The van der Waals surface area contributed by atoms with Gasteiger partial charge in [0, 0.05) is 3.42 Å². The van der Waals surface area contributed by atoms with Crippen LogP contribution in [0.2, 0.25) is 0 Å². The van der Waals surface area contributed by atoms with E-state index in [4.69, 9.17) is 0 Å². The molecule has 0 aliphatic heterocycles. The van der Waals surface area contributed by atoms with Crippen molar-refractivity contribution in [1.29, 1.82) is 0 Å². The fraction of sp³-hybridized carbons (Fsp3) is 1.00. The third kappa shape index (κ3) is 7.08. The third-order valence-corrected chi connectivity index (χ3v) is 4.55. The Balaban J connectivity index is 3.89. The molecule has 0 unspecified atom stereocenters. The van der Waals surface area contributed by atoms with Crippen molar-refractivity contribution < 1.29 is 0 Å². The lowest BCUT2D eigenvalue weighted by Crippen LogP contribution is -2.20. The van der Waals surface area contributed by atoms with E-state index in [0.29, 0.717) is 3.42 Å². The highest BCUT2D eigenvalue weighted by Crippen LogP contribution is 2.36. The van der Waals surface area contributed by atoms with Gasteiger partial charge in [-0.2, -0.15) is 0 Å². The summed E-state index contributed by atoms with van der Waals surface area (Å²) in [6.07, 6.45) is 12.6. The van der Waals surface area contributed by atoms with Crippen LogP contribution in [0.3, 0.4) is 0 Å². The molecule has 0 aromatic rings. The molecular weight excluding hydrogens is 283 g/mol. The Hall–Kier alpha value is 0.730. The van der Waals surface area contributed by atoms with Crippen molar-refractivity contribution in [3.63, 3.8) is 0 Å². The summed E-state index contributed by atoms with van der Waals surface area (Å²) in [5.74, 6) is 0. The first-order valence-electron chi connectivity index (χ1n) is 6.37. The van der Waals surface area contributed by atoms with Gasteiger partial charge in [-0.15, -0.1) is 0 Å². The van der Waals surface area contributed by atoms with E-state index in [2.05, 4.69) is 43.4 Å². The second kappa shape index (κ2) is 8.99. The van der Waals surface area contributed by atoms with Gasteiger partial charge in [-0.3, -0.25) is 0 Å². The van der Waals surface area contributed by atoms with Crippen LogP contribution in [0.5, 0.6) is 0 Å². The molecule has 0 heterocycles. The van der Waals surface area contributed by atoms with Crippen LogP contribution in [0, 0.1) is 0 Å². The molecule has 0 rings (SSSR count). The van der Waals surface area contributed by atoms with E-state index >= 15 is 0 Å². The number of alkyl halides is 1. The van der Waals surface area contributed by atoms with Gasteiger partial charge in [0.05, 0.1) is 0 Å². The van der Waals surface area contributed by atoms with Crippen molar-refractivity contribution in [3.05, 3.63) is 0 Å². The van der Waals surface area contributed by atoms with Crippen LogP contribution < -0.4 is 0 Å². The van der Waals surface area contributed by atoms with Gasteiger partial charge < -0.3 is 0 Å². The second-order valence-corrected chi connectivity index (χ2v) is 6.75. The summed E-state index contributed by atoms with van der Waals surface area (Å²) in [6, 6.07) is 0. The van der Waals surface area contributed by atoms with Crippen molar-refractivity contribution in [2.24, 2.45) is 0 Å². The number of hydrogen-bond acceptors (Lipinski definition) is 0. The van der Waals surface area contributed by atoms with E-state index in [1.807, 2.05) is 0 Å². The fourth-order valence-corrected chi connectivity index (χ4v) is 3.00. The summed E-state index contributed by atoms with van der Waals surface area (Å²) in [4.78, 5) is 0. The molecule has 0 saturated heterocycles. The van der Waals surface area contributed by atoms with Crippen molar-refractivity contribution in [3.8, 4) is 0 Å². The average molecular weight is 310 g/mol. The Morgan fingerprint density at radius 1 is 0.714 bits per heavy atom. The molecule has 0 amide bonds. The van der Waals surface area contributed by atoms with E-state index in [0.717, 1.165) is 0 Å². The van der Waals surface area contributed by atoms with Crippen molar-refractivity contribution in [1.82, 2.24) is 0 Å². The summed E-state index contributed by atoms with van der Waals surface area (Å²) in [5, 5.41) is 0. The quantitative estimate of drug-likeness (QED) is 0.377. The van der Waals surface area contributed by atoms with E-state index < -0.39 is 0 Å². The highest BCUT2D eigenvalue weighted by Gasteiger charge is 2.23. The zero-order chi connectivity index (χ0) is 10.9. The molecule has 86 valence electrons. The molecule has 0 saturated carbocycles. The third-order valence-electron chi connectivity index (χ3n) is 2.94. The Morgan fingerprint density at radius 3 is 1.21 bits per heavy atom. The number of unbranched alkanes of at least 4 members (excludes halogenated alkanes) is 3.